The Balaban J connectivity index is 2.15. The summed E-state index contributed by atoms with van der Waals surface area (Å²) in [6.07, 6.45) is 0.0575. The first kappa shape index (κ1) is 12.6. The fourth-order valence-corrected chi connectivity index (χ4v) is 1.60. The molecular formula is C12H10ClNO4. The minimum absolute atomic E-state index is 0.304. The zero-order valence-electron chi connectivity index (χ0n) is 9.21. The van der Waals surface area contributed by atoms with E-state index in [0.29, 0.717) is 10.9 Å². The molecule has 6 heteroatoms. The number of hydrogen-bond donors (Lipinski definition) is 2. The number of aliphatic carboxylic acids is 1. The van der Waals surface area contributed by atoms with Crippen LogP contribution in [0.4, 0.5) is 0 Å². The maximum atomic E-state index is 10.4. The van der Waals surface area contributed by atoms with E-state index in [-0.39, 0.29) is 6.61 Å². The van der Waals surface area contributed by atoms with Crippen LogP contribution in [0.2, 0.25) is 5.15 Å². The zero-order chi connectivity index (χ0) is 13.1. The number of hydrogen-bond acceptors (Lipinski definition) is 4. The van der Waals surface area contributed by atoms with Crippen molar-refractivity contribution in [3.63, 3.8) is 0 Å². The Morgan fingerprint density at radius 2 is 2.17 bits per heavy atom. The first-order chi connectivity index (χ1) is 8.56. The molecule has 94 valence electrons. The van der Waals surface area contributed by atoms with Gasteiger partial charge in [0.05, 0.1) is 0 Å². The molecule has 2 N–H and O–H groups in total. The second-order valence-corrected chi connectivity index (χ2v) is 4.07. The average Bonchev–Trinajstić information content (AvgIpc) is 2.35. The molecule has 1 heterocycles. The van der Waals surface area contributed by atoms with E-state index < -0.39 is 12.1 Å². The zero-order valence-corrected chi connectivity index (χ0v) is 9.96. The van der Waals surface area contributed by atoms with Crippen LogP contribution in [-0.2, 0) is 4.79 Å². The van der Waals surface area contributed by atoms with Gasteiger partial charge in [0.2, 0.25) is 0 Å². The lowest BCUT2D eigenvalue weighted by atomic mass is 10.2. The van der Waals surface area contributed by atoms with E-state index in [1.54, 1.807) is 30.5 Å². The van der Waals surface area contributed by atoms with Crippen molar-refractivity contribution in [1.29, 1.82) is 0 Å². The number of aliphatic hydroxyl groups excluding tert-OH is 1. The van der Waals surface area contributed by atoms with Crippen molar-refractivity contribution < 1.29 is 19.7 Å². The molecule has 18 heavy (non-hydrogen) atoms. The number of nitrogens with zero attached hydrogens (tertiary/aromatic N) is 1. The fourth-order valence-electron chi connectivity index (χ4n) is 1.43. The molecule has 1 aromatic heterocycles. The normalized spacial score (nSPS) is 12.3. The van der Waals surface area contributed by atoms with Gasteiger partial charge in [-0.2, -0.15) is 0 Å². The van der Waals surface area contributed by atoms with Gasteiger partial charge in [-0.1, -0.05) is 17.7 Å². The molecule has 1 aromatic carbocycles. The van der Waals surface area contributed by atoms with E-state index in [2.05, 4.69) is 4.98 Å². The molecule has 5 nitrogen and oxygen atoms in total. The third-order valence-electron chi connectivity index (χ3n) is 2.35. The van der Waals surface area contributed by atoms with E-state index in [9.17, 15) is 4.79 Å². The van der Waals surface area contributed by atoms with E-state index >= 15 is 0 Å². The van der Waals surface area contributed by atoms with Crippen molar-refractivity contribution in [2.45, 2.75) is 6.10 Å². The third-order valence-corrected chi connectivity index (χ3v) is 2.56. The summed E-state index contributed by atoms with van der Waals surface area (Å²) in [7, 11) is 0. The number of carbonyl (C=O) groups is 1. The topological polar surface area (TPSA) is 79.7 Å². The first-order valence-electron chi connectivity index (χ1n) is 5.15. The number of benzene rings is 1. The number of halogens is 1. The number of rotatable bonds is 4. The summed E-state index contributed by atoms with van der Waals surface area (Å²) in [5.74, 6) is -0.851. The number of fused-ring (bicyclic) bond motifs is 1. The van der Waals surface area contributed by atoms with Crippen LogP contribution in [0.25, 0.3) is 10.8 Å². The van der Waals surface area contributed by atoms with Crippen molar-refractivity contribution in [2.75, 3.05) is 6.61 Å². The molecule has 2 aromatic rings. The minimum Gasteiger partial charge on any atom is -0.490 e. The minimum atomic E-state index is -1.54. The Labute approximate surface area is 108 Å². The van der Waals surface area contributed by atoms with Gasteiger partial charge in [-0.15, -0.1) is 0 Å². The van der Waals surface area contributed by atoms with Gasteiger partial charge in [0, 0.05) is 11.6 Å². The van der Waals surface area contributed by atoms with Crippen LogP contribution >= 0.6 is 11.6 Å². The van der Waals surface area contributed by atoms with Gasteiger partial charge < -0.3 is 14.9 Å². The SMILES string of the molecule is O=C(O)C(O)COc1ccc2cc(Cl)ncc2c1. The third kappa shape index (κ3) is 2.88. The smallest absolute Gasteiger partial charge is 0.336 e. The predicted molar refractivity (Wildman–Crippen MR) is 65.9 cm³/mol. The summed E-state index contributed by atoms with van der Waals surface area (Å²) in [6, 6.07) is 6.87. The molecule has 0 saturated carbocycles. The molecule has 0 amide bonds. The Morgan fingerprint density at radius 1 is 1.39 bits per heavy atom. The fraction of sp³-hybridized carbons (Fsp3) is 0.167. The average molecular weight is 268 g/mol. The Hall–Kier alpha value is -1.85. The summed E-state index contributed by atoms with van der Waals surface area (Å²) in [4.78, 5) is 14.4. The van der Waals surface area contributed by atoms with E-state index in [0.717, 1.165) is 10.8 Å². The quantitative estimate of drug-likeness (QED) is 0.825. The van der Waals surface area contributed by atoms with Crippen molar-refractivity contribution in [3.8, 4) is 5.75 Å². The standard InChI is InChI=1S/C12H10ClNO4/c13-11-4-7-1-2-9(3-8(7)5-14-11)18-6-10(15)12(16)17/h1-5,10,15H,6H2,(H,16,17). The van der Waals surface area contributed by atoms with Crippen LogP contribution in [0.15, 0.2) is 30.5 Å². The van der Waals surface area contributed by atoms with Crippen molar-refractivity contribution in [3.05, 3.63) is 35.6 Å². The highest BCUT2D eigenvalue weighted by atomic mass is 35.5. The highest BCUT2D eigenvalue weighted by Crippen LogP contribution is 2.22. The van der Waals surface area contributed by atoms with E-state index in [1.807, 2.05) is 0 Å². The van der Waals surface area contributed by atoms with Gasteiger partial charge in [0.1, 0.15) is 17.5 Å². The monoisotopic (exact) mass is 267 g/mol. The van der Waals surface area contributed by atoms with Crippen molar-refractivity contribution >= 4 is 28.3 Å². The highest BCUT2D eigenvalue weighted by molar-refractivity contribution is 6.30. The first-order valence-corrected chi connectivity index (χ1v) is 5.53. The molecule has 0 spiro atoms. The van der Waals surface area contributed by atoms with Gasteiger partial charge in [-0.3, -0.25) is 0 Å². The molecule has 1 atom stereocenters. The van der Waals surface area contributed by atoms with Crippen LogP contribution in [0.3, 0.4) is 0 Å². The summed E-state index contributed by atoms with van der Waals surface area (Å²) in [5.41, 5.74) is 0. The van der Waals surface area contributed by atoms with Gasteiger partial charge in [0.25, 0.3) is 0 Å². The number of aliphatic hydroxyl groups is 1. The summed E-state index contributed by atoms with van der Waals surface area (Å²) < 4.78 is 5.18. The van der Waals surface area contributed by atoms with Crippen LogP contribution in [-0.4, -0.2) is 33.9 Å². The summed E-state index contributed by atoms with van der Waals surface area (Å²) in [6.45, 7) is -0.304. The lowest BCUT2D eigenvalue weighted by Gasteiger charge is -2.09. The van der Waals surface area contributed by atoms with Crippen LogP contribution in [0.5, 0.6) is 5.75 Å². The van der Waals surface area contributed by atoms with Crippen LogP contribution in [0, 0.1) is 0 Å². The number of carboxylic acids is 1. The van der Waals surface area contributed by atoms with Gasteiger partial charge in [-0.25, -0.2) is 9.78 Å². The Kier molecular flexibility index (Phi) is 3.64. The number of pyridine rings is 1. The van der Waals surface area contributed by atoms with Crippen molar-refractivity contribution in [1.82, 2.24) is 4.98 Å². The molecule has 1 unspecified atom stereocenters. The molecule has 0 saturated heterocycles. The lowest BCUT2D eigenvalue weighted by molar-refractivity contribution is -0.148. The molecule has 0 fully saturated rings. The second kappa shape index (κ2) is 5.20. The maximum Gasteiger partial charge on any atom is 0.336 e. The molecule has 2 rings (SSSR count). The molecular weight excluding hydrogens is 258 g/mol. The molecule has 0 radical (unpaired) electrons. The molecule has 0 aliphatic rings. The molecule has 0 aliphatic carbocycles. The molecule has 0 bridgehead atoms. The Morgan fingerprint density at radius 3 is 2.89 bits per heavy atom. The molecule has 0 aliphatic heterocycles. The number of carboxylic acid groups (broad SMARTS) is 1. The van der Waals surface area contributed by atoms with E-state index in [1.165, 1.54) is 0 Å². The van der Waals surface area contributed by atoms with Gasteiger partial charge >= 0.3 is 5.97 Å². The predicted octanol–water partition coefficient (Wildman–Crippen LogP) is 1.71. The van der Waals surface area contributed by atoms with Gasteiger partial charge in [0.15, 0.2) is 6.10 Å². The van der Waals surface area contributed by atoms with E-state index in [4.69, 9.17) is 26.6 Å². The highest BCUT2D eigenvalue weighted by Gasteiger charge is 2.13. The maximum absolute atomic E-state index is 10.4. The number of aromatic nitrogens is 1. The lowest BCUT2D eigenvalue weighted by Crippen LogP contribution is -2.26. The Bertz CT molecular complexity index is 587. The second-order valence-electron chi connectivity index (χ2n) is 3.68. The number of ether oxygens (including phenoxy) is 1. The van der Waals surface area contributed by atoms with Crippen LogP contribution in [0.1, 0.15) is 0 Å². The largest absolute Gasteiger partial charge is 0.490 e. The van der Waals surface area contributed by atoms with Crippen LogP contribution < -0.4 is 4.74 Å². The summed E-state index contributed by atoms with van der Waals surface area (Å²) >= 11 is 5.76. The van der Waals surface area contributed by atoms with Crippen molar-refractivity contribution in [2.24, 2.45) is 0 Å². The summed E-state index contributed by atoms with van der Waals surface area (Å²) in [5, 5.41) is 19.7. The van der Waals surface area contributed by atoms with Gasteiger partial charge in [-0.05, 0) is 23.6 Å².